The van der Waals surface area contributed by atoms with E-state index < -0.39 is 0 Å². The first-order valence-corrected chi connectivity index (χ1v) is 10.2. The molecule has 1 atom stereocenters. The van der Waals surface area contributed by atoms with Gasteiger partial charge >= 0.3 is 0 Å². The number of rotatable bonds is 4. The molecule has 1 aliphatic carbocycles. The van der Waals surface area contributed by atoms with Crippen molar-refractivity contribution in [1.82, 2.24) is 15.1 Å². The van der Waals surface area contributed by atoms with Gasteiger partial charge in [0.15, 0.2) is 0 Å². The monoisotopic (exact) mass is 371 g/mol. The molecule has 0 bridgehead atoms. The Morgan fingerprint density at radius 1 is 1.00 bits per heavy atom. The van der Waals surface area contributed by atoms with Gasteiger partial charge in [0.05, 0.1) is 11.5 Å². The van der Waals surface area contributed by atoms with Crippen LogP contribution in [-0.2, 0) is 4.79 Å². The lowest BCUT2D eigenvalue weighted by atomic mass is 9.93. The van der Waals surface area contributed by atoms with Crippen LogP contribution in [0.4, 0.5) is 0 Å². The van der Waals surface area contributed by atoms with Crippen LogP contribution in [0.15, 0.2) is 24.3 Å². The van der Waals surface area contributed by atoms with E-state index in [-0.39, 0.29) is 23.5 Å². The first-order chi connectivity index (χ1) is 13.1. The Morgan fingerprint density at radius 3 is 2.44 bits per heavy atom. The van der Waals surface area contributed by atoms with Crippen molar-refractivity contribution in [2.45, 2.75) is 50.6 Å². The average molecular weight is 371 g/mol. The molecular formula is C21H29N3O3. The number of phenolic OH excluding ortho intramolecular Hbond substituents is 1. The number of hydrogen-bond acceptors (Lipinski definition) is 4. The number of piperidine rings is 2. The Balaban J connectivity index is 1.30. The summed E-state index contributed by atoms with van der Waals surface area (Å²) in [4.78, 5) is 29.3. The van der Waals surface area contributed by atoms with E-state index in [1.165, 1.54) is 0 Å². The van der Waals surface area contributed by atoms with Crippen LogP contribution < -0.4 is 5.32 Å². The third kappa shape index (κ3) is 4.26. The van der Waals surface area contributed by atoms with E-state index in [0.29, 0.717) is 30.7 Å². The lowest BCUT2D eigenvalue weighted by Gasteiger charge is -2.42. The van der Waals surface area contributed by atoms with Gasteiger partial charge in [0.2, 0.25) is 5.91 Å². The second-order valence-electron chi connectivity index (χ2n) is 8.16. The van der Waals surface area contributed by atoms with Crippen molar-refractivity contribution in [3.63, 3.8) is 0 Å². The van der Waals surface area contributed by atoms with Crippen molar-refractivity contribution in [3.05, 3.63) is 29.8 Å². The van der Waals surface area contributed by atoms with Crippen LogP contribution in [-0.4, -0.2) is 65.0 Å². The molecular weight excluding hydrogens is 342 g/mol. The van der Waals surface area contributed by atoms with Gasteiger partial charge in [-0.15, -0.1) is 0 Å². The van der Waals surface area contributed by atoms with E-state index in [4.69, 9.17) is 0 Å². The van der Waals surface area contributed by atoms with Gasteiger partial charge in [-0.05, 0) is 57.2 Å². The van der Waals surface area contributed by atoms with Crippen molar-refractivity contribution in [2.75, 3.05) is 26.2 Å². The van der Waals surface area contributed by atoms with Gasteiger partial charge in [-0.3, -0.25) is 14.5 Å². The number of likely N-dealkylation sites (tertiary alicyclic amines) is 2. The van der Waals surface area contributed by atoms with Crippen molar-refractivity contribution in [1.29, 1.82) is 0 Å². The van der Waals surface area contributed by atoms with Crippen LogP contribution in [0, 0.1) is 5.92 Å². The Morgan fingerprint density at radius 2 is 1.74 bits per heavy atom. The molecule has 6 nitrogen and oxygen atoms in total. The van der Waals surface area contributed by atoms with Crippen LogP contribution in [0.1, 0.15) is 48.9 Å². The molecule has 1 saturated carbocycles. The third-order valence-electron chi connectivity index (χ3n) is 6.15. The summed E-state index contributed by atoms with van der Waals surface area (Å²) >= 11 is 0. The normalized spacial score (nSPS) is 24.6. The quantitative estimate of drug-likeness (QED) is 0.849. The molecule has 6 heteroatoms. The molecule has 27 heavy (non-hydrogen) atoms. The lowest BCUT2D eigenvalue weighted by molar-refractivity contribution is -0.127. The number of carbonyl (C=O) groups is 2. The highest BCUT2D eigenvalue weighted by Gasteiger charge is 2.34. The van der Waals surface area contributed by atoms with Crippen molar-refractivity contribution >= 4 is 11.8 Å². The molecule has 0 spiro atoms. The van der Waals surface area contributed by atoms with Gasteiger partial charge in [-0.2, -0.15) is 0 Å². The maximum atomic E-state index is 12.7. The summed E-state index contributed by atoms with van der Waals surface area (Å²) in [6, 6.07) is 7.61. The zero-order chi connectivity index (χ0) is 18.8. The summed E-state index contributed by atoms with van der Waals surface area (Å²) in [6.45, 7) is 3.29. The van der Waals surface area contributed by atoms with Crippen molar-refractivity contribution in [2.24, 2.45) is 5.92 Å². The highest BCUT2D eigenvalue weighted by Crippen LogP contribution is 2.27. The minimum atomic E-state index is -0.0909. The number of hydrogen-bond donors (Lipinski definition) is 2. The van der Waals surface area contributed by atoms with Crippen LogP contribution in [0.2, 0.25) is 0 Å². The molecule has 0 aromatic heterocycles. The molecule has 2 saturated heterocycles. The highest BCUT2D eigenvalue weighted by atomic mass is 16.3. The third-order valence-corrected chi connectivity index (χ3v) is 6.15. The number of para-hydroxylation sites is 1. The average Bonchev–Trinajstić information content (AvgIpc) is 3.52. The van der Waals surface area contributed by atoms with E-state index in [1.54, 1.807) is 24.3 Å². The molecule has 0 unspecified atom stereocenters. The van der Waals surface area contributed by atoms with E-state index in [1.807, 2.05) is 4.90 Å². The Bertz CT molecular complexity index is 696. The molecule has 2 aliphatic heterocycles. The number of carbonyl (C=O) groups excluding carboxylic acids is 2. The summed E-state index contributed by atoms with van der Waals surface area (Å²) in [5.41, 5.74) is 0.380. The molecule has 146 valence electrons. The minimum Gasteiger partial charge on any atom is -0.507 e. The first kappa shape index (κ1) is 18.3. The predicted octanol–water partition coefficient (Wildman–Crippen LogP) is 1.99. The number of amides is 2. The second-order valence-corrected chi connectivity index (χ2v) is 8.16. The SMILES string of the molecule is O=C(NC1CC1)[C@H]1CCCN(C2CCN(C(=O)c3ccccc3O)CC2)C1. The number of nitrogens with zero attached hydrogens (tertiary/aromatic N) is 2. The van der Waals surface area contributed by atoms with E-state index in [2.05, 4.69) is 10.2 Å². The summed E-state index contributed by atoms with van der Waals surface area (Å²) in [5, 5.41) is 13.1. The standard InChI is InChI=1S/C21H29N3O3/c25-19-6-2-1-5-18(19)21(27)23-12-9-17(10-13-23)24-11-3-4-15(14-24)20(26)22-16-7-8-16/h1-2,5-6,15-17,25H,3-4,7-14H2,(H,22,26)/t15-/m0/s1. The summed E-state index contributed by atoms with van der Waals surface area (Å²) < 4.78 is 0. The molecule has 0 radical (unpaired) electrons. The smallest absolute Gasteiger partial charge is 0.257 e. The van der Waals surface area contributed by atoms with Gasteiger partial charge in [0, 0.05) is 31.7 Å². The van der Waals surface area contributed by atoms with Gasteiger partial charge in [-0.25, -0.2) is 0 Å². The maximum absolute atomic E-state index is 12.7. The van der Waals surface area contributed by atoms with E-state index >= 15 is 0 Å². The number of aromatic hydroxyl groups is 1. The van der Waals surface area contributed by atoms with E-state index in [0.717, 1.165) is 51.6 Å². The fourth-order valence-electron chi connectivity index (χ4n) is 4.36. The van der Waals surface area contributed by atoms with Crippen LogP contribution in [0.5, 0.6) is 5.75 Å². The molecule has 2 N–H and O–H groups in total. The number of nitrogens with one attached hydrogen (secondary N) is 1. The Kier molecular flexibility index (Phi) is 5.34. The zero-order valence-corrected chi connectivity index (χ0v) is 15.8. The summed E-state index contributed by atoms with van der Waals surface area (Å²) in [7, 11) is 0. The lowest BCUT2D eigenvalue weighted by Crippen LogP contribution is -2.51. The summed E-state index contributed by atoms with van der Waals surface area (Å²) in [6.07, 6.45) is 6.17. The molecule has 2 heterocycles. The second kappa shape index (κ2) is 7.89. The fraction of sp³-hybridized carbons (Fsp3) is 0.619. The Hall–Kier alpha value is -2.08. The number of phenols is 1. The van der Waals surface area contributed by atoms with Gasteiger partial charge in [0.25, 0.3) is 5.91 Å². The topological polar surface area (TPSA) is 72.9 Å². The minimum absolute atomic E-state index is 0.0465. The molecule has 1 aromatic carbocycles. The van der Waals surface area contributed by atoms with Gasteiger partial charge in [0.1, 0.15) is 5.75 Å². The van der Waals surface area contributed by atoms with Crippen LogP contribution in [0.25, 0.3) is 0 Å². The molecule has 3 fully saturated rings. The van der Waals surface area contributed by atoms with Crippen molar-refractivity contribution in [3.8, 4) is 5.75 Å². The van der Waals surface area contributed by atoms with Crippen molar-refractivity contribution < 1.29 is 14.7 Å². The zero-order valence-electron chi connectivity index (χ0n) is 15.8. The number of benzene rings is 1. The van der Waals surface area contributed by atoms with Crippen LogP contribution in [0.3, 0.4) is 0 Å². The molecule has 2 amide bonds. The fourth-order valence-corrected chi connectivity index (χ4v) is 4.36. The maximum Gasteiger partial charge on any atom is 0.257 e. The molecule has 1 aromatic rings. The van der Waals surface area contributed by atoms with E-state index in [9.17, 15) is 14.7 Å². The molecule has 4 rings (SSSR count). The first-order valence-electron chi connectivity index (χ1n) is 10.2. The Labute approximate surface area is 160 Å². The van der Waals surface area contributed by atoms with Crippen LogP contribution >= 0.6 is 0 Å². The summed E-state index contributed by atoms with van der Waals surface area (Å²) in [5.74, 6) is 0.298. The van der Waals surface area contributed by atoms with Gasteiger partial charge < -0.3 is 15.3 Å². The van der Waals surface area contributed by atoms with Gasteiger partial charge in [-0.1, -0.05) is 12.1 Å². The molecule has 3 aliphatic rings. The largest absolute Gasteiger partial charge is 0.507 e. The predicted molar refractivity (Wildman–Crippen MR) is 102 cm³/mol. The highest BCUT2D eigenvalue weighted by molar-refractivity contribution is 5.96.